The van der Waals surface area contributed by atoms with Crippen LogP contribution in [-0.4, -0.2) is 89.6 Å². The molecule has 1 aliphatic rings. The highest BCUT2D eigenvalue weighted by atomic mass is 16.7. The summed E-state index contributed by atoms with van der Waals surface area (Å²) in [6.45, 7) is 4.42. The molecule has 56 heavy (non-hydrogen) atoms. The number of ether oxygens (including phenoxy) is 4. The number of aliphatic hydroxyl groups is 4. The molecule has 1 heterocycles. The minimum Gasteiger partial charge on any atom is -0.457 e. The maximum atomic E-state index is 12.8. The molecular formula is C47H84O9. The largest absolute Gasteiger partial charge is 0.457 e. The van der Waals surface area contributed by atoms with Gasteiger partial charge >= 0.3 is 5.97 Å². The summed E-state index contributed by atoms with van der Waals surface area (Å²) in [5.41, 5.74) is 0. The molecule has 0 spiro atoms. The van der Waals surface area contributed by atoms with Crippen LogP contribution < -0.4 is 0 Å². The standard InChI is InChI=1S/C47H84O9/c1-3-5-7-9-11-13-15-17-19-20-21-23-25-27-29-31-33-35-37-53-39-41(40-54-47-46(52)45(51)44(50)42(38-48)56-47)55-43(49)36-34-32-30-28-26-24-22-18-16-14-12-10-8-6-4-2/h6,8,12,14,17-19,22,41-42,44-48,50-52H,3-5,7,9-11,13,15-16,20-21,23-40H2,1-2H3/b8-6-,14-12-,19-17-,22-18-. The normalized spacial score (nSPS) is 21.0. The average Bonchev–Trinajstić information content (AvgIpc) is 3.20. The Hall–Kier alpha value is -1.85. The van der Waals surface area contributed by atoms with Crippen molar-refractivity contribution in [1.29, 1.82) is 0 Å². The van der Waals surface area contributed by atoms with Crippen LogP contribution in [0.3, 0.4) is 0 Å². The summed E-state index contributed by atoms with van der Waals surface area (Å²) >= 11 is 0. The highest BCUT2D eigenvalue weighted by molar-refractivity contribution is 5.69. The van der Waals surface area contributed by atoms with Crippen molar-refractivity contribution in [3.05, 3.63) is 48.6 Å². The van der Waals surface area contributed by atoms with Crippen LogP contribution in [0.4, 0.5) is 0 Å². The fourth-order valence-electron chi connectivity index (χ4n) is 6.68. The molecule has 0 aromatic carbocycles. The van der Waals surface area contributed by atoms with Crippen molar-refractivity contribution in [3.8, 4) is 0 Å². The summed E-state index contributed by atoms with van der Waals surface area (Å²) in [5.74, 6) is -0.332. The first-order valence-corrected chi connectivity index (χ1v) is 22.7. The fraction of sp³-hybridized carbons (Fsp3) is 0.809. The van der Waals surface area contributed by atoms with E-state index in [9.17, 15) is 25.2 Å². The van der Waals surface area contributed by atoms with Crippen LogP contribution in [0.15, 0.2) is 48.6 Å². The summed E-state index contributed by atoms with van der Waals surface area (Å²) in [5, 5.41) is 40.1. The molecule has 1 fully saturated rings. The van der Waals surface area contributed by atoms with E-state index in [1.54, 1.807) is 0 Å². The van der Waals surface area contributed by atoms with E-state index < -0.39 is 43.4 Å². The van der Waals surface area contributed by atoms with Gasteiger partial charge in [0.05, 0.1) is 19.8 Å². The second-order valence-corrected chi connectivity index (χ2v) is 15.5. The lowest BCUT2D eigenvalue weighted by atomic mass is 9.99. The molecule has 0 aromatic rings. The Morgan fingerprint density at radius 1 is 0.589 bits per heavy atom. The Balaban J connectivity index is 2.27. The Labute approximate surface area is 342 Å². The minimum atomic E-state index is -1.54. The topological polar surface area (TPSA) is 135 Å². The van der Waals surface area contributed by atoms with Crippen molar-refractivity contribution in [3.63, 3.8) is 0 Å². The zero-order chi connectivity index (χ0) is 40.7. The van der Waals surface area contributed by atoms with Crippen LogP contribution in [-0.2, 0) is 23.7 Å². The van der Waals surface area contributed by atoms with E-state index in [1.807, 2.05) is 0 Å². The van der Waals surface area contributed by atoms with Gasteiger partial charge in [-0.15, -0.1) is 0 Å². The van der Waals surface area contributed by atoms with Gasteiger partial charge in [-0.1, -0.05) is 152 Å². The second kappa shape index (κ2) is 38.7. The summed E-state index contributed by atoms with van der Waals surface area (Å²) in [4.78, 5) is 12.8. The number of unbranched alkanes of at least 4 members (excludes halogenated alkanes) is 19. The fourth-order valence-corrected chi connectivity index (χ4v) is 6.68. The van der Waals surface area contributed by atoms with Crippen LogP contribution in [0.5, 0.6) is 0 Å². The van der Waals surface area contributed by atoms with Gasteiger partial charge in [0.25, 0.3) is 0 Å². The highest BCUT2D eigenvalue weighted by Gasteiger charge is 2.44. The third-order valence-electron chi connectivity index (χ3n) is 10.2. The van der Waals surface area contributed by atoms with Crippen LogP contribution in [0.25, 0.3) is 0 Å². The quantitative estimate of drug-likeness (QED) is 0.0274. The molecule has 1 saturated heterocycles. The van der Waals surface area contributed by atoms with Crippen molar-refractivity contribution in [2.24, 2.45) is 0 Å². The van der Waals surface area contributed by atoms with E-state index >= 15 is 0 Å². The minimum absolute atomic E-state index is 0.122. The predicted molar refractivity (Wildman–Crippen MR) is 228 cm³/mol. The molecule has 0 aromatic heterocycles. The lowest BCUT2D eigenvalue weighted by molar-refractivity contribution is -0.305. The predicted octanol–water partition coefficient (Wildman–Crippen LogP) is 10.1. The lowest BCUT2D eigenvalue weighted by Gasteiger charge is -2.39. The van der Waals surface area contributed by atoms with Gasteiger partial charge in [-0.25, -0.2) is 0 Å². The SMILES string of the molecule is CC/C=C\C/C=C\C/C=C\CCCCCCCC(=O)OC(COCCCCCCCCCC/C=C\CCCCCCCC)COC1OC(CO)C(O)C(O)C1O. The second-order valence-electron chi connectivity index (χ2n) is 15.5. The lowest BCUT2D eigenvalue weighted by Crippen LogP contribution is -2.59. The molecule has 0 saturated carbocycles. The van der Waals surface area contributed by atoms with Crippen LogP contribution in [0.2, 0.25) is 0 Å². The third kappa shape index (κ3) is 29.4. The summed E-state index contributed by atoms with van der Waals surface area (Å²) < 4.78 is 22.8. The molecule has 1 rings (SSSR count). The van der Waals surface area contributed by atoms with Gasteiger partial charge in [0.2, 0.25) is 0 Å². The maximum absolute atomic E-state index is 12.8. The van der Waals surface area contributed by atoms with Gasteiger partial charge in [0.1, 0.15) is 30.5 Å². The van der Waals surface area contributed by atoms with Gasteiger partial charge in [0.15, 0.2) is 6.29 Å². The van der Waals surface area contributed by atoms with Crippen LogP contribution in [0, 0.1) is 0 Å². The Morgan fingerprint density at radius 3 is 1.66 bits per heavy atom. The van der Waals surface area contributed by atoms with E-state index in [0.29, 0.717) is 13.0 Å². The molecule has 9 heteroatoms. The van der Waals surface area contributed by atoms with Gasteiger partial charge in [-0.3, -0.25) is 4.79 Å². The van der Waals surface area contributed by atoms with Crippen molar-refractivity contribution in [2.75, 3.05) is 26.4 Å². The number of rotatable bonds is 38. The van der Waals surface area contributed by atoms with E-state index in [-0.39, 0.29) is 19.2 Å². The number of carbonyl (C=O) groups is 1. The Morgan fingerprint density at radius 2 is 1.09 bits per heavy atom. The molecular weight excluding hydrogens is 709 g/mol. The Bertz CT molecular complexity index is 994. The van der Waals surface area contributed by atoms with Crippen molar-refractivity contribution in [2.45, 2.75) is 218 Å². The zero-order valence-electron chi connectivity index (χ0n) is 35.6. The van der Waals surface area contributed by atoms with Gasteiger partial charge in [0, 0.05) is 13.0 Å². The molecule has 6 atom stereocenters. The zero-order valence-corrected chi connectivity index (χ0v) is 35.6. The molecule has 9 nitrogen and oxygen atoms in total. The van der Waals surface area contributed by atoms with Crippen molar-refractivity contribution < 1.29 is 44.2 Å². The molecule has 326 valence electrons. The van der Waals surface area contributed by atoms with Gasteiger partial charge in [-0.2, -0.15) is 0 Å². The summed E-state index contributed by atoms with van der Waals surface area (Å²) in [6, 6.07) is 0. The number of carbonyl (C=O) groups excluding carboxylic acids is 1. The third-order valence-corrected chi connectivity index (χ3v) is 10.2. The number of hydrogen-bond acceptors (Lipinski definition) is 9. The highest BCUT2D eigenvalue weighted by Crippen LogP contribution is 2.22. The maximum Gasteiger partial charge on any atom is 0.306 e. The monoisotopic (exact) mass is 793 g/mol. The smallest absolute Gasteiger partial charge is 0.306 e. The average molecular weight is 793 g/mol. The van der Waals surface area contributed by atoms with Crippen molar-refractivity contribution in [1.82, 2.24) is 0 Å². The molecule has 0 aliphatic carbocycles. The van der Waals surface area contributed by atoms with Gasteiger partial charge in [-0.05, 0) is 70.6 Å². The number of aliphatic hydroxyl groups excluding tert-OH is 4. The van der Waals surface area contributed by atoms with E-state index in [2.05, 4.69) is 62.5 Å². The van der Waals surface area contributed by atoms with E-state index in [4.69, 9.17) is 18.9 Å². The van der Waals surface area contributed by atoms with Crippen LogP contribution >= 0.6 is 0 Å². The first kappa shape index (κ1) is 52.2. The molecule has 6 unspecified atom stereocenters. The molecule has 4 N–H and O–H groups in total. The van der Waals surface area contributed by atoms with E-state index in [1.165, 1.54) is 89.9 Å². The Kier molecular flexibility index (Phi) is 36.0. The number of allylic oxidation sites excluding steroid dienone is 8. The molecule has 0 bridgehead atoms. The number of hydrogen-bond donors (Lipinski definition) is 4. The summed E-state index contributed by atoms with van der Waals surface area (Å²) in [6.07, 6.45) is 39.9. The molecule has 1 aliphatic heterocycles. The van der Waals surface area contributed by atoms with E-state index in [0.717, 1.165) is 70.6 Å². The first-order valence-electron chi connectivity index (χ1n) is 22.7. The summed E-state index contributed by atoms with van der Waals surface area (Å²) in [7, 11) is 0. The number of esters is 1. The van der Waals surface area contributed by atoms with Crippen LogP contribution in [0.1, 0.15) is 181 Å². The first-order chi connectivity index (χ1) is 27.4. The van der Waals surface area contributed by atoms with Gasteiger partial charge < -0.3 is 39.4 Å². The molecule has 0 amide bonds. The van der Waals surface area contributed by atoms with Crippen molar-refractivity contribution >= 4 is 5.97 Å². The molecule has 0 radical (unpaired) electrons.